The van der Waals surface area contributed by atoms with E-state index in [9.17, 15) is 14.4 Å². The maximum atomic E-state index is 11.9. The summed E-state index contributed by atoms with van der Waals surface area (Å²) in [5.41, 5.74) is 0. The van der Waals surface area contributed by atoms with Crippen LogP contribution in [-0.4, -0.2) is 46.9 Å². The summed E-state index contributed by atoms with van der Waals surface area (Å²) < 4.78 is 0. The van der Waals surface area contributed by atoms with Gasteiger partial charge in [-0.05, 0) is 25.7 Å². The fourth-order valence-electron chi connectivity index (χ4n) is 1.85. The quantitative estimate of drug-likeness (QED) is 0.647. The summed E-state index contributed by atoms with van der Waals surface area (Å²) in [4.78, 5) is 35.3. The molecule has 2 N–H and O–H groups in total. The Morgan fingerprint density at radius 3 is 2.47 bits per heavy atom. The molecular weight excluding hydrogens is 248 g/mol. The van der Waals surface area contributed by atoms with Gasteiger partial charge in [0.1, 0.15) is 6.54 Å². The van der Waals surface area contributed by atoms with Crippen molar-refractivity contribution in [3.63, 3.8) is 0 Å². The number of hydrogen-bond acceptors (Lipinski definition) is 3. The Bertz CT molecular complexity index is 340. The van der Waals surface area contributed by atoms with E-state index >= 15 is 0 Å². The van der Waals surface area contributed by atoms with E-state index in [-0.39, 0.29) is 30.8 Å². The van der Waals surface area contributed by atoms with Gasteiger partial charge in [0.25, 0.3) is 0 Å². The van der Waals surface area contributed by atoms with Crippen LogP contribution in [-0.2, 0) is 14.4 Å². The highest BCUT2D eigenvalue weighted by atomic mass is 16.4. The van der Waals surface area contributed by atoms with Crippen LogP contribution in [0.15, 0.2) is 0 Å². The maximum absolute atomic E-state index is 11.9. The third-order valence-electron chi connectivity index (χ3n) is 2.98. The van der Waals surface area contributed by atoms with E-state index in [1.165, 1.54) is 4.90 Å². The Morgan fingerprint density at radius 1 is 1.26 bits per heavy atom. The lowest BCUT2D eigenvalue weighted by Gasteiger charge is -2.20. The first-order valence-electron chi connectivity index (χ1n) is 6.82. The molecule has 2 amide bonds. The predicted molar refractivity (Wildman–Crippen MR) is 69.5 cm³/mol. The number of nitrogens with zero attached hydrogens (tertiary/aromatic N) is 1. The summed E-state index contributed by atoms with van der Waals surface area (Å²) in [6.45, 7) is 2.40. The normalized spacial score (nSPS) is 13.9. The van der Waals surface area contributed by atoms with Crippen LogP contribution in [0, 0.1) is 0 Å². The number of carbonyl (C=O) groups is 3. The molecule has 19 heavy (non-hydrogen) atoms. The first kappa shape index (κ1) is 15.5. The van der Waals surface area contributed by atoms with Gasteiger partial charge in [-0.25, -0.2) is 0 Å². The summed E-state index contributed by atoms with van der Waals surface area (Å²) in [6.07, 6.45) is 3.68. The minimum absolute atomic E-state index is 0.0501. The molecule has 1 saturated carbocycles. The van der Waals surface area contributed by atoms with Crippen molar-refractivity contribution < 1.29 is 19.5 Å². The van der Waals surface area contributed by atoms with Gasteiger partial charge in [-0.3, -0.25) is 14.4 Å². The van der Waals surface area contributed by atoms with Gasteiger partial charge < -0.3 is 15.3 Å². The number of aliphatic carboxylic acids is 1. The monoisotopic (exact) mass is 270 g/mol. The molecule has 0 aliphatic heterocycles. The topological polar surface area (TPSA) is 86.7 Å². The van der Waals surface area contributed by atoms with Gasteiger partial charge >= 0.3 is 5.97 Å². The largest absolute Gasteiger partial charge is 0.480 e. The highest BCUT2D eigenvalue weighted by Gasteiger charge is 2.33. The van der Waals surface area contributed by atoms with Gasteiger partial charge in [-0.15, -0.1) is 0 Å². The van der Waals surface area contributed by atoms with Crippen molar-refractivity contribution in [2.24, 2.45) is 0 Å². The number of carboxylic acid groups (broad SMARTS) is 1. The Balaban J connectivity index is 2.24. The third kappa shape index (κ3) is 6.22. The Labute approximate surface area is 113 Å². The van der Waals surface area contributed by atoms with Gasteiger partial charge in [0.05, 0.1) is 0 Å². The molecule has 0 heterocycles. The van der Waals surface area contributed by atoms with Crippen molar-refractivity contribution in [3.8, 4) is 0 Å². The number of amides is 2. The third-order valence-corrected chi connectivity index (χ3v) is 2.98. The van der Waals surface area contributed by atoms with Crippen LogP contribution >= 0.6 is 0 Å². The molecule has 0 saturated heterocycles. The maximum Gasteiger partial charge on any atom is 0.323 e. The second-order valence-corrected chi connectivity index (χ2v) is 4.85. The number of carbonyl (C=O) groups excluding carboxylic acids is 2. The average molecular weight is 270 g/mol. The molecule has 1 fully saturated rings. The van der Waals surface area contributed by atoms with Crippen molar-refractivity contribution in [1.29, 1.82) is 0 Å². The molecule has 1 aliphatic carbocycles. The molecule has 1 aliphatic rings. The van der Waals surface area contributed by atoms with E-state index in [0.717, 1.165) is 19.3 Å². The van der Waals surface area contributed by atoms with Gasteiger partial charge in [-0.2, -0.15) is 0 Å². The highest BCUT2D eigenvalue weighted by Crippen LogP contribution is 2.27. The molecule has 6 nitrogen and oxygen atoms in total. The zero-order chi connectivity index (χ0) is 14.3. The minimum Gasteiger partial charge on any atom is -0.480 e. The predicted octanol–water partition coefficient (Wildman–Crippen LogP) is 0.758. The summed E-state index contributed by atoms with van der Waals surface area (Å²) >= 11 is 0. The zero-order valence-electron chi connectivity index (χ0n) is 11.4. The van der Waals surface area contributed by atoms with Gasteiger partial charge in [-0.1, -0.05) is 6.92 Å². The lowest BCUT2D eigenvalue weighted by atomic mass is 10.2. The summed E-state index contributed by atoms with van der Waals surface area (Å²) in [7, 11) is 0. The first-order valence-corrected chi connectivity index (χ1v) is 6.82. The lowest BCUT2D eigenvalue weighted by molar-refractivity contribution is -0.145. The molecule has 6 heteroatoms. The van der Waals surface area contributed by atoms with E-state index in [2.05, 4.69) is 5.32 Å². The van der Waals surface area contributed by atoms with E-state index in [1.807, 2.05) is 6.92 Å². The standard InChI is InChI=1S/C13H22N2O4/c1-2-8-14-11(16)4-3-5-12(17)15(9-13(18)19)10-6-7-10/h10H,2-9H2,1H3,(H,14,16)(H,18,19). The fraction of sp³-hybridized carbons (Fsp3) is 0.769. The number of hydrogen-bond donors (Lipinski definition) is 2. The highest BCUT2D eigenvalue weighted by molar-refractivity contribution is 5.82. The summed E-state index contributed by atoms with van der Waals surface area (Å²) in [6, 6.07) is 0.0949. The number of carboxylic acids is 1. The molecule has 0 aromatic heterocycles. The smallest absolute Gasteiger partial charge is 0.323 e. The second kappa shape index (κ2) is 7.76. The van der Waals surface area contributed by atoms with E-state index in [1.54, 1.807) is 0 Å². The average Bonchev–Trinajstić information content (AvgIpc) is 3.17. The molecule has 1 rings (SSSR count). The second-order valence-electron chi connectivity index (χ2n) is 4.85. The lowest BCUT2D eigenvalue weighted by Crippen LogP contribution is -2.37. The zero-order valence-corrected chi connectivity index (χ0v) is 11.4. The molecule has 0 spiro atoms. The van der Waals surface area contributed by atoms with Crippen LogP contribution in [0.4, 0.5) is 0 Å². The Hall–Kier alpha value is -1.59. The van der Waals surface area contributed by atoms with Crippen LogP contribution in [0.5, 0.6) is 0 Å². The van der Waals surface area contributed by atoms with Crippen molar-refractivity contribution in [2.45, 2.75) is 51.5 Å². The van der Waals surface area contributed by atoms with E-state index < -0.39 is 5.97 Å². The summed E-state index contributed by atoms with van der Waals surface area (Å²) in [5, 5.41) is 11.5. The molecule has 0 bridgehead atoms. The Morgan fingerprint density at radius 2 is 1.95 bits per heavy atom. The fourth-order valence-corrected chi connectivity index (χ4v) is 1.85. The van der Waals surface area contributed by atoms with Gasteiger partial charge in [0, 0.05) is 25.4 Å². The molecule has 0 aromatic rings. The van der Waals surface area contributed by atoms with Crippen molar-refractivity contribution >= 4 is 17.8 Å². The minimum atomic E-state index is -0.985. The Kier molecular flexibility index (Phi) is 6.32. The van der Waals surface area contributed by atoms with Crippen LogP contribution in [0.3, 0.4) is 0 Å². The van der Waals surface area contributed by atoms with Gasteiger partial charge in [0.2, 0.25) is 11.8 Å². The van der Waals surface area contributed by atoms with E-state index in [0.29, 0.717) is 19.4 Å². The number of nitrogens with one attached hydrogen (secondary N) is 1. The van der Waals surface area contributed by atoms with Crippen molar-refractivity contribution in [1.82, 2.24) is 10.2 Å². The molecule has 0 unspecified atom stereocenters. The molecule has 108 valence electrons. The summed E-state index contributed by atoms with van der Waals surface area (Å²) in [5.74, 6) is -1.19. The van der Waals surface area contributed by atoms with Crippen LogP contribution in [0.1, 0.15) is 45.4 Å². The van der Waals surface area contributed by atoms with Crippen LogP contribution < -0.4 is 5.32 Å². The van der Waals surface area contributed by atoms with E-state index in [4.69, 9.17) is 5.11 Å². The van der Waals surface area contributed by atoms with Crippen LogP contribution in [0.25, 0.3) is 0 Å². The first-order chi connectivity index (χ1) is 9.04. The molecule has 0 atom stereocenters. The van der Waals surface area contributed by atoms with Gasteiger partial charge in [0.15, 0.2) is 0 Å². The molecular formula is C13H22N2O4. The number of rotatable bonds is 9. The van der Waals surface area contributed by atoms with Crippen LogP contribution in [0.2, 0.25) is 0 Å². The van der Waals surface area contributed by atoms with Crippen molar-refractivity contribution in [3.05, 3.63) is 0 Å². The molecule has 0 radical (unpaired) electrons. The SMILES string of the molecule is CCCNC(=O)CCCC(=O)N(CC(=O)O)C1CC1. The molecule has 0 aromatic carbocycles. The van der Waals surface area contributed by atoms with Crippen molar-refractivity contribution in [2.75, 3.05) is 13.1 Å².